The first-order chi connectivity index (χ1) is 14.7. The van der Waals surface area contributed by atoms with Gasteiger partial charge in [-0.05, 0) is 49.2 Å². The SMILES string of the molecule is COC(=O)C1(C(=O)OC)CC1c1cn(S(=O)(=O)c2ccc(C)cc2)c2cc(F)ccc12. The average molecular weight is 445 g/mol. The zero-order valence-corrected chi connectivity index (χ0v) is 17.9. The Bertz CT molecular complexity index is 1290. The second kappa shape index (κ2) is 7.19. The Kier molecular flexibility index (Phi) is 4.88. The number of carbonyl (C=O) groups excluding carboxylic acids is 2. The lowest BCUT2D eigenvalue weighted by Gasteiger charge is -2.12. The van der Waals surface area contributed by atoms with Crippen LogP contribution >= 0.6 is 0 Å². The number of ether oxygens (including phenoxy) is 2. The predicted octanol–water partition coefficient (Wildman–Crippen LogP) is 3.15. The van der Waals surface area contributed by atoms with Crippen molar-refractivity contribution in [2.45, 2.75) is 24.2 Å². The monoisotopic (exact) mass is 445 g/mol. The van der Waals surface area contributed by atoms with Crippen LogP contribution in [0.25, 0.3) is 10.9 Å². The minimum atomic E-state index is -4.06. The number of benzene rings is 2. The number of fused-ring (bicyclic) bond motifs is 1. The number of rotatable bonds is 5. The molecule has 1 aromatic heterocycles. The highest BCUT2D eigenvalue weighted by molar-refractivity contribution is 7.90. The number of carbonyl (C=O) groups is 2. The number of nitrogens with zero attached hydrogens (tertiary/aromatic N) is 1. The standard InChI is InChI=1S/C22H20FNO6S/c1-13-4-7-15(8-5-13)31(27,28)24-12-17(16-9-6-14(23)10-19(16)24)18-11-22(18,20(25)29-2)21(26)30-3/h4-10,12,18H,11H2,1-3H3. The van der Waals surface area contributed by atoms with Crippen LogP contribution in [0.3, 0.4) is 0 Å². The Morgan fingerprint density at radius 3 is 2.26 bits per heavy atom. The van der Waals surface area contributed by atoms with E-state index in [1.165, 1.54) is 44.7 Å². The van der Waals surface area contributed by atoms with Crippen molar-refractivity contribution in [1.29, 1.82) is 0 Å². The Morgan fingerprint density at radius 2 is 1.68 bits per heavy atom. The summed E-state index contributed by atoms with van der Waals surface area (Å²) in [5.41, 5.74) is -0.112. The van der Waals surface area contributed by atoms with Crippen LogP contribution in [0.1, 0.15) is 23.5 Å². The number of aromatic nitrogens is 1. The van der Waals surface area contributed by atoms with Crippen molar-refractivity contribution in [3.05, 3.63) is 65.6 Å². The molecular weight excluding hydrogens is 425 g/mol. The lowest BCUT2D eigenvalue weighted by molar-refractivity contribution is -0.161. The lowest BCUT2D eigenvalue weighted by atomic mass is 9.98. The molecular formula is C22H20FNO6S. The fraction of sp³-hybridized carbons (Fsp3) is 0.273. The minimum Gasteiger partial charge on any atom is -0.468 e. The summed E-state index contributed by atoms with van der Waals surface area (Å²) in [5, 5.41) is 0.428. The molecule has 1 fully saturated rings. The van der Waals surface area contributed by atoms with Gasteiger partial charge in [-0.25, -0.2) is 16.8 Å². The van der Waals surface area contributed by atoms with Gasteiger partial charge in [0.1, 0.15) is 5.82 Å². The smallest absolute Gasteiger partial charge is 0.323 e. The second-order valence-electron chi connectivity index (χ2n) is 7.57. The van der Waals surface area contributed by atoms with Crippen LogP contribution in [0, 0.1) is 18.2 Å². The molecule has 1 unspecified atom stereocenters. The molecule has 2 aromatic carbocycles. The van der Waals surface area contributed by atoms with E-state index in [-0.39, 0.29) is 16.8 Å². The molecule has 1 heterocycles. The van der Waals surface area contributed by atoms with E-state index >= 15 is 0 Å². The fourth-order valence-corrected chi connectivity index (χ4v) is 5.40. The summed E-state index contributed by atoms with van der Waals surface area (Å²) in [4.78, 5) is 24.9. The third-order valence-corrected chi connectivity index (χ3v) is 7.47. The highest BCUT2D eigenvalue weighted by Crippen LogP contribution is 2.62. The molecule has 3 aromatic rings. The molecule has 0 amide bonds. The molecule has 31 heavy (non-hydrogen) atoms. The van der Waals surface area contributed by atoms with Gasteiger partial charge in [0.25, 0.3) is 10.0 Å². The van der Waals surface area contributed by atoms with Gasteiger partial charge in [-0.15, -0.1) is 0 Å². The summed E-state index contributed by atoms with van der Waals surface area (Å²) in [6.07, 6.45) is 1.45. The first kappa shape index (κ1) is 21.0. The van der Waals surface area contributed by atoms with Crippen molar-refractivity contribution in [3.63, 3.8) is 0 Å². The molecule has 0 N–H and O–H groups in total. The van der Waals surface area contributed by atoms with Gasteiger partial charge in [-0.1, -0.05) is 17.7 Å². The van der Waals surface area contributed by atoms with Gasteiger partial charge in [-0.2, -0.15) is 0 Å². The van der Waals surface area contributed by atoms with Crippen LogP contribution in [-0.2, 0) is 29.1 Å². The van der Waals surface area contributed by atoms with Crippen LogP contribution in [0.2, 0.25) is 0 Å². The Morgan fingerprint density at radius 1 is 1.06 bits per heavy atom. The molecule has 9 heteroatoms. The van der Waals surface area contributed by atoms with Crippen molar-refractivity contribution >= 4 is 32.9 Å². The summed E-state index contributed by atoms with van der Waals surface area (Å²) in [5.74, 6) is -2.78. The van der Waals surface area contributed by atoms with Crippen LogP contribution in [0.4, 0.5) is 4.39 Å². The van der Waals surface area contributed by atoms with Crippen molar-refractivity contribution in [1.82, 2.24) is 3.97 Å². The maximum absolute atomic E-state index is 14.0. The van der Waals surface area contributed by atoms with E-state index in [4.69, 9.17) is 9.47 Å². The van der Waals surface area contributed by atoms with Crippen molar-refractivity contribution in [2.24, 2.45) is 5.41 Å². The maximum atomic E-state index is 14.0. The molecule has 0 bridgehead atoms. The van der Waals surface area contributed by atoms with E-state index in [0.717, 1.165) is 15.6 Å². The summed E-state index contributed by atoms with van der Waals surface area (Å²) < 4.78 is 51.3. The van der Waals surface area contributed by atoms with E-state index in [9.17, 15) is 22.4 Å². The van der Waals surface area contributed by atoms with Gasteiger partial charge >= 0.3 is 11.9 Å². The van der Waals surface area contributed by atoms with Gasteiger partial charge in [0.2, 0.25) is 0 Å². The molecule has 4 rings (SSSR count). The average Bonchev–Trinajstić information content (AvgIpc) is 3.39. The van der Waals surface area contributed by atoms with Crippen LogP contribution in [-0.4, -0.2) is 38.5 Å². The molecule has 1 aliphatic carbocycles. The second-order valence-corrected chi connectivity index (χ2v) is 9.39. The molecule has 0 aliphatic heterocycles. The molecule has 0 saturated heterocycles. The van der Waals surface area contributed by atoms with Crippen molar-refractivity contribution < 1.29 is 31.9 Å². The number of methoxy groups -OCH3 is 2. The first-order valence-electron chi connectivity index (χ1n) is 9.46. The molecule has 162 valence electrons. The molecule has 1 aliphatic rings. The Labute approximate surface area is 178 Å². The number of aryl methyl sites for hydroxylation is 1. The normalized spacial score (nSPS) is 17.4. The van der Waals surface area contributed by atoms with Gasteiger partial charge in [0.15, 0.2) is 5.41 Å². The summed E-state index contributed by atoms with van der Waals surface area (Å²) in [6.45, 7) is 1.83. The van der Waals surface area contributed by atoms with Crippen molar-refractivity contribution in [2.75, 3.05) is 14.2 Å². The summed E-state index contributed by atoms with van der Waals surface area (Å²) in [6, 6.07) is 10.0. The fourth-order valence-electron chi connectivity index (χ4n) is 4.03. The quantitative estimate of drug-likeness (QED) is 0.443. The van der Waals surface area contributed by atoms with E-state index in [2.05, 4.69) is 0 Å². The zero-order chi connectivity index (χ0) is 22.6. The molecule has 7 nitrogen and oxygen atoms in total. The number of hydrogen-bond donors (Lipinski definition) is 0. The Hall–Kier alpha value is -3.20. The number of esters is 2. The first-order valence-corrected chi connectivity index (χ1v) is 10.9. The topological polar surface area (TPSA) is 91.7 Å². The van der Waals surface area contributed by atoms with E-state index in [1.807, 2.05) is 6.92 Å². The minimum absolute atomic E-state index is 0.0359. The van der Waals surface area contributed by atoms with Crippen LogP contribution in [0.15, 0.2) is 53.6 Å². The number of halogens is 1. The third kappa shape index (κ3) is 3.11. The number of hydrogen-bond acceptors (Lipinski definition) is 6. The lowest BCUT2D eigenvalue weighted by Crippen LogP contribution is -2.30. The predicted molar refractivity (Wildman–Crippen MR) is 109 cm³/mol. The van der Waals surface area contributed by atoms with Gasteiger partial charge in [0, 0.05) is 17.5 Å². The zero-order valence-electron chi connectivity index (χ0n) is 17.1. The third-order valence-electron chi connectivity index (χ3n) is 5.78. The van der Waals surface area contributed by atoms with Crippen LogP contribution < -0.4 is 0 Å². The molecule has 0 radical (unpaired) electrons. The van der Waals surface area contributed by atoms with Gasteiger partial charge in [-0.3, -0.25) is 9.59 Å². The highest BCUT2D eigenvalue weighted by Gasteiger charge is 2.69. The van der Waals surface area contributed by atoms with E-state index in [0.29, 0.717) is 10.9 Å². The maximum Gasteiger partial charge on any atom is 0.323 e. The van der Waals surface area contributed by atoms with Gasteiger partial charge in [0.05, 0.1) is 24.6 Å². The Balaban J connectivity index is 1.91. The molecule has 0 spiro atoms. The highest BCUT2D eigenvalue weighted by atomic mass is 32.2. The van der Waals surface area contributed by atoms with Crippen molar-refractivity contribution in [3.8, 4) is 0 Å². The van der Waals surface area contributed by atoms with Gasteiger partial charge < -0.3 is 9.47 Å². The van der Waals surface area contributed by atoms with Crippen LogP contribution in [0.5, 0.6) is 0 Å². The molecule has 1 saturated carbocycles. The summed E-state index contributed by atoms with van der Waals surface area (Å²) in [7, 11) is -1.72. The van der Waals surface area contributed by atoms with E-state index in [1.54, 1.807) is 12.1 Å². The van der Waals surface area contributed by atoms with E-state index < -0.39 is 39.1 Å². The molecule has 1 atom stereocenters. The largest absolute Gasteiger partial charge is 0.468 e. The summed E-state index contributed by atoms with van der Waals surface area (Å²) >= 11 is 0.